The minimum Gasteiger partial charge on any atom is -0.305 e. The molecule has 0 bridgehead atoms. The van der Waals surface area contributed by atoms with Gasteiger partial charge in [0.1, 0.15) is 0 Å². The first-order chi connectivity index (χ1) is 8.89. The molecule has 1 aromatic heterocycles. The summed E-state index contributed by atoms with van der Waals surface area (Å²) in [7, 11) is 1.80. The first kappa shape index (κ1) is 14.4. The van der Waals surface area contributed by atoms with Gasteiger partial charge in [-0.1, -0.05) is 12.8 Å². The van der Waals surface area contributed by atoms with Crippen LogP contribution in [0.15, 0.2) is 12.3 Å². The molecule has 6 heteroatoms. The standard InChI is InChI=1S/C13H20F3N3/c1-9(12-7-8-17-19(12)2)18-11-6-4-3-5-10(11)13(14,15)16/h7-11,18H,3-6H2,1-2H3. The SMILES string of the molecule is CC(NC1CCCCC1C(F)(F)F)c1ccnn1C. The molecule has 1 aliphatic carbocycles. The minimum absolute atomic E-state index is 0.125. The van der Waals surface area contributed by atoms with E-state index in [4.69, 9.17) is 0 Å². The van der Waals surface area contributed by atoms with E-state index in [1.54, 1.807) is 17.9 Å². The lowest BCUT2D eigenvalue weighted by atomic mass is 9.83. The second kappa shape index (κ2) is 5.53. The molecule has 0 radical (unpaired) electrons. The summed E-state index contributed by atoms with van der Waals surface area (Å²) in [5, 5.41) is 7.19. The summed E-state index contributed by atoms with van der Waals surface area (Å²) in [5.41, 5.74) is 0.909. The average Bonchev–Trinajstić information content (AvgIpc) is 2.75. The fourth-order valence-corrected chi connectivity index (χ4v) is 2.94. The van der Waals surface area contributed by atoms with Gasteiger partial charge < -0.3 is 5.32 Å². The molecule has 0 amide bonds. The predicted octanol–water partition coefficient (Wildman–Crippen LogP) is 3.19. The molecule has 2 rings (SSSR count). The number of nitrogens with zero attached hydrogens (tertiary/aromatic N) is 2. The van der Waals surface area contributed by atoms with Gasteiger partial charge in [0.2, 0.25) is 0 Å². The van der Waals surface area contributed by atoms with Crippen LogP contribution < -0.4 is 5.32 Å². The summed E-state index contributed by atoms with van der Waals surface area (Å²) in [6.07, 6.45) is -0.0870. The lowest BCUT2D eigenvalue weighted by Crippen LogP contribution is -2.46. The van der Waals surface area contributed by atoms with Crippen molar-refractivity contribution in [2.75, 3.05) is 0 Å². The molecule has 3 atom stereocenters. The quantitative estimate of drug-likeness (QED) is 0.918. The van der Waals surface area contributed by atoms with Crippen LogP contribution in [0.5, 0.6) is 0 Å². The fourth-order valence-electron chi connectivity index (χ4n) is 2.94. The summed E-state index contributed by atoms with van der Waals surface area (Å²) in [5.74, 6) is -1.23. The molecule has 1 saturated carbocycles. The van der Waals surface area contributed by atoms with E-state index < -0.39 is 18.1 Å². The molecule has 0 spiro atoms. The third kappa shape index (κ3) is 3.29. The zero-order chi connectivity index (χ0) is 14.0. The summed E-state index contributed by atoms with van der Waals surface area (Å²) >= 11 is 0. The van der Waals surface area contributed by atoms with Gasteiger partial charge in [0, 0.05) is 25.3 Å². The van der Waals surface area contributed by atoms with E-state index in [0.717, 1.165) is 12.1 Å². The van der Waals surface area contributed by atoms with Crippen molar-refractivity contribution in [3.63, 3.8) is 0 Å². The van der Waals surface area contributed by atoms with E-state index in [-0.39, 0.29) is 12.5 Å². The lowest BCUT2D eigenvalue weighted by molar-refractivity contribution is -0.189. The summed E-state index contributed by atoms with van der Waals surface area (Å²) in [4.78, 5) is 0. The van der Waals surface area contributed by atoms with E-state index >= 15 is 0 Å². The number of hydrogen-bond acceptors (Lipinski definition) is 2. The molecule has 1 heterocycles. The number of aryl methyl sites for hydroxylation is 1. The van der Waals surface area contributed by atoms with Gasteiger partial charge in [-0.15, -0.1) is 0 Å². The number of hydrogen-bond donors (Lipinski definition) is 1. The molecule has 1 aliphatic rings. The van der Waals surface area contributed by atoms with Crippen molar-refractivity contribution >= 4 is 0 Å². The molecule has 1 fully saturated rings. The maximum Gasteiger partial charge on any atom is 0.393 e. The Hall–Kier alpha value is -1.04. The van der Waals surface area contributed by atoms with Crippen LogP contribution in [-0.2, 0) is 7.05 Å². The number of nitrogens with one attached hydrogen (secondary N) is 1. The zero-order valence-electron chi connectivity index (χ0n) is 11.2. The molecule has 108 valence electrons. The second-order valence-electron chi connectivity index (χ2n) is 5.31. The van der Waals surface area contributed by atoms with Gasteiger partial charge >= 0.3 is 6.18 Å². The van der Waals surface area contributed by atoms with Gasteiger partial charge in [-0.05, 0) is 25.8 Å². The predicted molar refractivity (Wildman–Crippen MR) is 66.6 cm³/mol. The highest BCUT2D eigenvalue weighted by Gasteiger charge is 2.45. The van der Waals surface area contributed by atoms with Crippen LogP contribution in [0.2, 0.25) is 0 Å². The number of aromatic nitrogens is 2. The maximum absolute atomic E-state index is 13.0. The Morgan fingerprint density at radius 3 is 2.63 bits per heavy atom. The fraction of sp³-hybridized carbons (Fsp3) is 0.769. The van der Waals surface area contributed by atoms with Crippen molar-refractivity contribution in [2.45, 2.75) is 50.9 Å². The Kier molecular flexibility index (Phi) is 4.18. The Morgan fingerprint density at radius 1 is 1.37 bits per heavy atom. The highest BCUT2D eigenvalue weighted by molar-refractivity contribution is 5.06. The van der Waals surface area contributed by atoms with Crippen LogP contribution >= 0.6 is 0 Å². The topological polar surface area (TPSA) is 29.9 Å². The van der Waals surface area contributed by atoms with Crippen LogP contribution in [-0.4, -0.2) is 22.0 Å². The smallest absolute Gasteiger partial charge is 0.305 e. The highest BCUT2D eigenvalue weighted by atomic mass is 19.4. The van der Waals surface area contributed by atoms with Crippen molar-refractivity contribution in [2.24, 2.45) is 13.0 Å². The first-order valence-electron chi connectivity index (χ1n) is 6.70. The number of halogens is 3. The zero-order valence-corrected chi connectivity index (χ0v) is 11.2. The van der Waals surface area contributed by atoms with Crippen LogP contribution in [0.3, 0.4) is 0 Å². The molecule has 1 N–H and O–H groups in total. The van der Waals surface area contributed by atoms with Gasteiger partial charge in [-0.2, -0.15) is 18.3 Å². The lowest BCUT2D eigenvalue weighted by Gasteiger charge is -2.35. The summed E-state index contributed by atoms with van der Waals surface area (Å²) in [6, 6.07) is 1.22. The van der Waals surface area contributed by atoms with Crippen LogP contribution in [0.25, 0.3) is 0 Å². The molecular weight excluding hydrogens is 255 g/mol. The van der Waals surface area contributed by atoms with Gasteiger partial charge in [-0.25, -0.2) is 0 Å². The van der Waals surface area contributed by atoms with Crippen molar-refractivity contribution in [3.05, 3.63) is 18.0 Å². The molecule has 1 aromatic rings. The molecule has 0 aromatic carbocycles. The van der Waals surface area contributed by atoms with Gasteiger partial charge in [0.05, 0.1) is 11.6 Å². The maximum atomic E-state index is 13.0. The molecular formula is C13H20F3N3. The molecule has 19 heavy (non-hydrogen) atoms. The van der Waals surface area contributed by atoms with Crippen molar-refractivity contribution in [3.8, 4) is 0 Å². The molecule has 0 aliphatic heterocycles. The highest BCUT2D eigenvalue weighted by Crippen LogP contribution is 2.38. The van der Waals surface area contributed by atoms with Gasteiger partial charge in [0.25, 0.3) is 0 Å². The van der Waals surface area contributed by atoms with Crippen molar-refractivity contribution in [1.82, 2.24) is 15.1 Å². The Morgan fingerprint density at radius 2 is 2.05 bits per heavy atom. The van der Waals surface area contributed by atoms with Crippen LogP contribution in [0.4, 0.5) is 13.2 Å². The van der Waals surface area contributed by atoms with Crippen molar-refractivity contribution < 1.29 is 13.2 Å². The normalized spacial score (nSPS) is 26.4. The Bertz CT molecular complexity index is 414. The number of rotatable bonds is 3. The summed E-state index contributed by atoms with van der Waals surface area (Å²) in [6.45, 7) is 1.89. The second-order valence-corrected chi connectivity index (χ2v) is 5.31. The van der Waals surface area contributed by atoms with E-state index in [0.29, 0.717) is 12.8 Å². The largest absolute Gasteiger partial charge is 0.393 e. The number of alkyl halides is 3. The molecule has 3 unspecified atom stereocenters. The monoisotopic (exact) mass is 275 g/mol. The van der Waals surface area contributed by atoms with E-state index in [1.807, 2.05) is 13.0 Å². The van der Waals surface area contributed by atoms with Crippen LogP contribution in [0.1, 0.15) is 44.3 Å². The van der Waals surface area contributed by atoms with Crippen molar-refractivity contribution in [1.29, 1.82) is 0 Å². The van der Waals surface area contributed by atoms with E-state index in [9.17, 15) is 13.2 Å². The van der Waals surface area contributed by atoms with E-state index in [1.165, 1.54) is 0 Å². The molecule has 3 nitrogen and oxygen atoms in total. The average molecular weight is 275 g/mol. The van der Waals surface area contributed by atoms with Gasteiger partial charge in [0.15, 0.2) is 0 Å². The van der Waals surface area contributed by atoms with Crippen LogP contribution in [0, 0.1) is 5.92 Å². The third-order valence-electron chi connectivity index (χ3n) is 3.95. The summed E-state index contributed by atoms with van der Waals surface area (Å²) < 4.78 is 40.7. The third-order valence-corrected chi connectivity index (χ3v) is 3.95. The minimum atomic E-state index is -4.11. The Labute approximate surface area is 111 Å². The van der Waals surface area contributed by atoms with E-state index in [2.05, 4.69) is 10.4 Å². The molecule has 0 saturated heterocycles. The Balaban J connectivity index is 2.06. The first-order valence-corrected chi connectivity index (χ1v) is 6.70. The van der Waals surface area contributed by atoms with Gasteiger partial charge in [-0.3, -0.25) is 4.68 Å².